The molecule has 1 fully saturated rings. The average Bonchev–Trinajstić information content (AvgIpc) is 2.82. The number of amides is 2. The molecule has 2 N–H and O–H groups in total. The third-order valence-corrected chi connectivity index (χ3v) is 6.21. The molecule has 0 bridgehead atoms. The number of nitrogens with two attached hydrogens (primary N) is 1. The lowest BCUT2D eigenvalue weighted by Gasteiger charge is -2.30. The maximum atomic E-state index is 13.2. The molecule has 0 spiro atoms. The lowest BCUT2D eigenvalue weighted by molar-refractivity contribution is -0.134. The highest BCUT2D eigenvalue weighted by Gasteiger charge is 2.26. The Balaban J connectivity index is 1.49. The molecule has 1 aliphatic rings. The van der Waals surface area contributed by atoms with E-state index in [-0.39, 0.29) is 29.7 Å². The van der Waals surface area contributed by atoms with Crippen LogP contribution >= 0.6 is 0 Å². The summed E-state index contributed by atoms with van der Waals surface area (Å²) in [6.07, 6.45) is 2.45. The second-order valence-corrected chi connectivity index (χ2v) is 8.30. The topological polar surface area (TPSA) is 98.3 Å². The minimum absolute atomic E-state index is 0.0156. The molecule has 1 aliphatic heterocycles. The van der Waals surface area contributed by atoms with E-state index in [4.69, 9.17) is 5.73 Å². The number of aryl methyl sites for hydroxylation is 3. The molecule has 0 radical (unpaired) electrons. The summed E-state index contributed by atoms with van der Waals surface area (Å²) in [5.41, 5.74) is 8.37. The Morgan fingerprint density at radius 1 is 0.969 bits per heavy atom. The van der Waals surface area contributed by atoms with E-state index >= 15 is 0 Å². The fourth-order valence-corrected chi connectivity index (χ4v) is 4.31. The molecule has 4 rings (SSSR count). The van der Waals surface area contributed by atoms with Crippen molar-refractivity contribution < 1.29 is 9.59 Å². The van der Waals surface area contributed by atoms with Crippen molar-refractivity contribution in [2.75, 3.05) is 13.1 Å². The second kappa shape index (κ2) is 9.77. The van der Waals surface area contributed by atoms with Crippen LogP contribution in [0.1, 0.15) is 30.5 Å². The highest BCUT2D eigenvalue weighted by atomic mass is 16.2. The molecule has 32 heavy (non-hydrogen) atoms. The van der Waals surface area contributed by atoms with Gasteiger partial charge in [0.1, 0.15) is 5.69 Å². The molecule has 1 aromatic heterocycles. The number of hydrogen-bond donors (Lipinski definition) is 1. The fourth-order valence-electron chi connectivity index (χ4n) is 4.31. The Bertz CT molecular complexity index is 1160. The predicted octanol–water partition coefficient (Wildman–Crippen LogP) is 2.30. The minimum Gasteiger partial charge on any atom is -0.369 e. The van der Waals surface area contributed by atoms with Crippen LogP contribution in [0.3, 0.4) is 0 Å². The molecule has 2 aromatic carbocycles. The van der Waals surface area contributed by atoms with Gasteiger partial charge in [-0.15, -0.1) is 0 Å². The molecule has 3 aromatic rings. The smallest absolute Gasteiger partial charge is 0.272 e. The molecule has 2 amide bonds. The molecule has 0 saturated carbocycles. The van der Waals surface area contributed by atoms with E-state index in [0.29, 0.717) is 44.6 Å². The van der Waals surface area contributed by atoms with Gasteiger partial charge in [0.15, 0.2) is 0 Å². The van der Waals surface area contributed by atoms with Crippen molar-refractivity contribution in [3.8, 4) is 0 Å². The van der Waals surface area contributed by atoms with Crippen LogP contribution in [0, 0.1) is 5.92 Å². The number of nitrogens with zero attached hydrogens (tertiary/aromatic N) is 3. The Hall–Kier alpha value is -3.48. The van der Waals surface area contributed by atoms with Crippen molar-refractivity contribution in [3.05, 3.63) is 76.2 Å². The van der Waals surface area contributed by atoms with Gasteiger partial charge in [-0.05, 0) is 37.0 Å². The lowest BCUT2D eigenvalue weighted by atomic mass is 9.96. The maximum absolute atomic E-state index is 13.2. The highest BCUT2D eigenvalue weighted by Crippen LogP contribution is 2.18. The Morgan fingerprint density at radius 2 is 1.66 bits per heavy atom. The van der Waals surface area contributed by atoms with E-state index in [1.54, 1.807) is 9.47 Å². The van der Waals surface area contributed by atoms with Crippen LogP contribution in [0.5, 0.6) is 0 Å². The first-order chi connectivity index (χ1) is 15.5. The van der Waals surface area contributed by atoms with Gasteiger partial charge in [-0.1, -0.05) is 42.5 Å². The molecule has 7 heteroatoms. The molecular weight excluding hydrogens is 404 g/mol. The van der Waals surface area contributed by atoms with Gasteiger partial charge >= 0.3 is 0 Å². The summed E-state index contributed by atoms with van der Waals surface area (Å²) in [6.45, 7) is 1.60. The van der Waals surface area contributed by atoms with E-state index in [0.717, 1.165) is 23.0 Å². The Labute approximate surface area is 186 Å². The Kier molecular flexibility index (Phi) is 6.63. The molecule has 166 valence electrons. The number of aromatic nitrogens is 2. The van der Waals surface area contributed by atoms with Crippen LogP contribution in [0.25, 0.3) is 11.0 Å². The van der Waals surface area contributed by atoms with Crippen LogP contribution in [-0.2, 0) is 29.0 Å². The summed E-state index contributed by atoms with van der Waals surface area (Å²) in [6, 6.07) is 17.7. The number of para-hydroxylation sites is 2. The molecule has 0 aliphatic carbocycles. The van der Waals surface area contributed by atoms with Gasteiger partial charge in [0.05, 0.1) is 11.0 Å². The number of piperidine rings is 1. The summed E-state index contributed by atoms with van der Waals surface area (Å²) >= 11 is 0. The van der Waals surface area contributed by atoms with Gasteiger partial charge in [0.2, 0.25) is 11.8 Å². The molecule has 2 heterocycles. The molecular formula is C25H28N4O3. The third-order valence-electron chi connectivity index (χ3n) is 6.21. The van der Waals surface area contributed by atoms with Crippen LogP contribution in [-0.4, -0.2) is 39.4 Å². The summed E-state index contributed by atoms with van der Waals surface area (Å²) in [7, 11) is 0. The van der Waals surface area contributed by atoms with Gasteiger partial charge in [-0.3, -0.25) is 14.4 Å². The quantitative estimate of drug-likeness (QED) is 0.619. The zero-order chi connectivity index (χ0) is 22.5. The number of primary amides is 1. The number of carbonyl (C=O) groups is 2. The van der Waals surface area contributed by atoms with Crippen molar-refractivity contribution in [1.29, 1.82) is 0 Å². The molecule has 0 atom stereocenters. The average molecular weight is 433 g/mol. The fraction of sp³-hybridized carbons (Fsp3) is 0.360. The Morgan fingerprint density at radius 3 is 2.38 bits per heavy atom. The zero-order valence-corrected chi connectivity index (χ0v) is 18.1. The second-order valence-electron chi connectivity index (χ2n) is 8.30. The van der Waals surface area contributed by atoms with E-state index in [2.05, 4.69) is 17.1 Å². The first kappa shape index (κ1) is 21.7. The number of fused-ring (bicyclic) bond motifs is 1. The number of hydrogen-bond acceptors (Lipinski definition) is 4. The molecule has 1 saturated heterocycles. The van der Waals surface area contributed by atoms with Crippen LogP contribution < -0.4 is 11.3 Å². The predicted molar refractivity (Wildman–Crippen MR) is 123 cm³/mol. The SMILES string of the molecule is NC(=O)C1CCN(C(=O)CCc2nc3ccccc3n(CCc3ccccc3)c2=O)CC1. The van der Waals surface area contributed by atoms with Crippen LogP contribution in [0.2, 0.25) is 0 Å². The van der Waals surface area contributed by atoms with Gasteiger partial charge in [-0.2, -0.15) is 0 Å². The van der Waals surface area contributed by atoms with Gasteiger partial charge in [0, 0.05) is 38.4 Å². The number of likely N-dealkylation sites (tertiary alicyclic amines) is 1. The molecule has 7 nitrogen and oxygen atoms in total. The van der Waals surface area contributed by atoms with Crippen LogP contribution in [0.4, 0.5) is 0 Å². The number of rotatable bonds is 7. The lowest BCUT2D eigenvalue weighted by Crippen LogP contribution is -2.42. The number of benzene rings is 2. The van der Waals surface area contributed by atoms with Crippen molar-refractivity contribution in [1.82, 2.24) is 14.5 Å². The standard InChI is InChI=1S/C25H28N4O3/c26-24(31)19-13-15-28(16-14-19)23(30)11-10-21-25(32)29(17-12-18-6-2-1-3-7-18)22-9-5-4-8-20(22)27-21/h1-9,19H,10-17H2,(H2,26,31). The van der Waals surface area contributed by atoms with Gasteiger partial charge in [0.25, 0.3) is 5.56 Å². The first-order valence-corrected chi connectivity index (χ1v) is 11.1. The van der Waals surface area contributed by atoms with Gasteiger partial charge < -0.3 is 15.2 Å². The molecule has 0 unspecified atom stereocenters. The van der Waals surface area contributed by atoms with E-state index < -0.39 is 0 Å². The first-order valence-electron chi connectivity index (χ1n) is 11.1. The van der Waals surface area contributed by atoms with Crippen molar-refractivity contribution >= 4 is 22.8 Å². The number of carbonyl (C=O) groups excluding carboxylic acids is 2. The maximum Gasteiger partial charge on any atom is 0.272 e. The summed E-state index contributed by atoms with van der Waals surface area (Å²) in [5.74, 6) is -0.468. The van der Waals surface area contributed by atoms with E-state index in [9.17, 15) is 14.4 Å². The summed E-state index contributed by atoms with van der Waals surface area (Å²) in [5, 5.41) is 0. The largest absolute Gasteiger partial charge is 0.369 e. The summed E-state index contributed by atoms with van der Waals surface area (Å²) < 4.78 is 1.77. The van der Waals surface area contributed by atoms with Crippen molar-refractivity contribution in [3.63, 3.8) is 0 Å². The van der Waals surface area contributed by atoms with E-state index in [1.165, 1.54) is 0 Å². The summed E-state index contributed by atoms with van der Waals surface area (Å²) in [4.78, 5) is 43.6. The highest BCUT2D eigenvalue weighted by molar-refractivity contribution is 5.79. The van der Waals surface area contributed by atoms with Crippen molar-refractivity contribution in [2.24, 2.45) is 11.7 Å². The van der Waals surface area contributed by atoms with Crippen molar-refractivity contribution in [2.45, 2.75) is 38.6 Å². The monoisotopic (exact) mass is 432 g/mol. The third kappa shape index (κ3) is 4.88. The van der Waals surface area contributed by atoms with Crippen LogP contribution in [0.15, 0.2) is 59.4 Å². The van der Waals surface area contributed by atoms with E-state index in [1.807, 2.05) is 42.5 Å². The normalized spacial score (nSPS) is 14.6. The van der Waals surface area contributed by atoms with Gasteiger partial charge in [-0.25, -0.2) is 4.98 Å². The zero-order valence-electron chi connectivity index (χ0n) is 18.1. The minimum atomic E-state index is -0.298.